The zero-order valence-corrected chi connectivity index (χ0v) is 19.9. The van der Waals surface area contributed by atoms with Gasteiger partial charge < -0.3 is 9.47 Å². The molecule has 4 aliphatic carbocycles. The van der Waals surface area contributed by atoms with Crippen molar-refractivity contribution in [3.63, 3.8) is 0 Å². The van der Waals surface area contributed by atoms with Gasteiger partial charge in [0.05, 0.1) is 6.10 Å². The van der Waals surface area contributed by atoms with E-state index in [1.807, 2.05) is 6.20 Å². The molecule has 0 radical (unpaired) electrons. The number of hydrogen-bond donors (Lipinski definition) is 0. The molecule has 5 aliphatic rings. The summed E-state index contributed by atoms with van der Waals surface area (Å²) in [4.78, 5) is 4.42. The highest BCUT2D eigenvalue weighted by Gasteiger charge is 2.56. The lowest BCUT2D eigenvalue weighted by molar-refractivity contribution is -0.195. The summed E-state index contributed by atoms with van der Waals surface area (Å²) in [6, 6.07) is 4.35. The number of allylic oxidation sites excluding steroid dienone is 3. The zero-order valence-electron chi connectivity index (χ0n) is 19.9. The molecule has 0 N–H and O–H groups in total. The molecule has 0 bridgehead atoms. The van der Waals surface area contributed by atoms with E-state index in [2.05, 4.69) is 49.3 Å². The number of fused-ring (bicyclic) bond motifs is 5. The van der Waals surface area contributed by atoms with Crippen LogP contribution in [0.3, 0.4) is 0 Å². The van der Waals surface area contributed by atoms with Crippen molar-refractivity contribution in [2.45, 2.75) is 90.4 Å². The van der Waals surface area contributed by atoms with Crippen molar-refractivity contribution in [1.82, 2.24) is 4.98 Å². The van der Waals surface area contributed by atoms with E-state index in [0.29, 0.717) is 16.9 Å². The van der Waals surface area contributed by atoms with Gasteiger partial charge in [-0.2, -0.15) is 0 Å². The van der Waals surface area contributed by atoms with Gasteiger partial charge in [0.1, 0.15) is 0 Å². The summed E-state index contributed by atoms with van der Waals surface area (Å²) < 4.78 is 12.3. The van der Waals surface area contributed by atoms with Crippen molar-refractivity contribution in [3.05, 3.63) is 47.8 Å². The summed E-state index contributed by atoms with van der Waals surface area (Å²) >= 11 is 0. The zero-order chi connectivity index (χ0) is 21.8. The normalized spacial score (nSPS) is 43.5. The molecule has 3 fully saturated rings. The molecule has 1 aromatic heterocycles. The molecule has 172 valence electrons. The Morgan fingerprint density at radius 1 is 1.00 bits per heavy atom. The lowest BCUT2D eigenvalue weighted by atomic mass is 9.47. The molecule has 1 saturated heterocycles. The Morgan fingerprint density at radius 2 is 1.91 bits per heavy atom. The van der Waals surface area contributed by atoms with Gasteiger partial charge in [-0.15, -0.1) is 0 Å². The molecule has 2 unspecified atom stereocenters. The van der Waals surface area contributed by atoms with Crippen LogP contribution in [0.2, 0.25) is 0 Å². The molecule has 6 rings (SSSR count). The number of rotatable bonds is 3. The SMILES string of the molecule is C[C@]12CC[C@H](OC3CCCCO3)CC1=CCC1[C@@H]2CC[C@]2(C)C(c3cccnc3)=CC[C@@H]12. The first-order chi connectivity index (χ1) is 15.6. The van der Waals surface area contributed by atoms with Crippen LogP contribution in [-0.4, -0.2) is 24.0 Å². The summed E-state index contributed by atoms with van der Waals surface area (Å²) in [7, 11) is 0. The molecule has 2 saturated carbocycles. The Balaban J connectivity index is 1.20. The topological polar surface area (TPSA) is 31.4 Å². The van der Waals surface area contributed by atoms with E-state index >= 15 is 0 Å². The van der Waals surface area contributed by atoms with Crippen LogP contribution in [0.1, 0.15) is 83.6 Å². The second-order valence-electron chi connectivity index (χ2n) is 11.6. The maximum absolute atomic E-state index is 6.43. The van der Waals surface area contributed by atoms with Crippen LogP contribution in [0.4, 0.5) is 0 Å². The first-order valence-electron chi connectivity index (χ1n) is 13.2. The summed E-state index contributed by atoms with van der Waals surface area (Å²) in [6.45, 7) is 6.02. The van der Waals surface area contributed by atoms with E-state index in [0.717, 1.165) is 37.2 Å². The largest absolute Gasteiger partial charge is 0.353 e. The minimum absolute atomic E-state index is 0.0425. The fourth-order valence-corrected chi connectivity index (χ4v) is 8.31. The molecule has 0 aromatic carbocycles. The second kappa shape index (κ2) is 8.09. The molecule has 3 nitrogen and oxygen atoms in total. The first-order valence-corrected chi connectivity index (χ1v) is 13.2. The summed E-state index contributed by atoms with van der Waals surface area (Å²) in [5.74, 6) is 2.41. The van der Waals surface area contributed by atoms with Gasteiger partial charge in [0.25, 0.3) is 0 Å². The third-order valence-corrected chi connectivity index (χ3v) is 10.1. The van der Waals surface area contributed by atoms with E-state index in [9.17, 15) is 0 Å². The molecule has 1 aliphatic heterocycles. The molecule has 2 heterocycles. The molecular formula is C29H39NO2. The predicted octanol–water partition coefficient (Wildman–Crippen LogP) is 6.95. The standard InChI is InChI=1S/C29H39NO2/c1-28-14-12-22(32-27-7-3-4-17-31-27)18-21(28)8-9-23-25-11-10-24(20-6-5-16-30-19-20)29(25,2)15-13-26(23)28/h5-6,8,10,16,19,22-23,25-27H,3-4,7,9,11-15,17-18H2,1-2H3/t22-,23?,25-,26-,27?,28-,29+/m0/s1. The van der Waals surface area contributed by atoms with Crippen molar-refractivity contribution in [1.29, 1.82) is 0 Å². The number of hydrogen-bond acceptors (Lipinski definition) is 3. The van der Waals surface area contributed by atoms with Crippen LogP contribution in [0.5, 0.6) is 0 Å². The van der Waals surface area contributed by atoms with Crippen molar-refractivity contribution in [2.24, 2.45) is 28.6 Å². The van der Waals surface area contributed by atoms with E-state index in [1.165, 1.54) is 56.9 Å². The van der Waals surface area contributed by atoms with Crippen LogP contribution in [-0.2, 0) is 9.47 Å². The minimum Gasteiger partial charge on any atom is -0.353 e. The summed E-state index contributed by atoms with van der Waals surface area (Å²) in [5.41, 5.74) is 5.29. The van der Waals surface area contributed by atoms with Crippen LogP contribution < -0.4 is 0 Å². The molecule has 7 atom stereocenters. The Hall–Kier alpha value is -1.45. The fourth-order valence-electron chi connectivity index (χ4n) is 8.31. The molecule has 0 spiro atoms. The lowest BCUT2D eigenvalue weighted by Gasteiger charge is -2.58. The average molecular weight is 434 g/mol. The van der Waals surface area contributed by atoms with Crippen LogP contribution >= 0.6 is 0 Å². The van der Waals surface area contributed by atoms with Gasteiger partial charge >= 0.3 is 0 Å². The summed E-state index contributed by atoms with van der Waals surface area (Å²) in [6.07, 6.45) is 21.9. The third-order valence-electron chi connectivity index (χ3n) is 10.1. The highest BCUT2D eigenvalue weighted by atomic mass is 16.7. The monoisotopic (exact) mass is 433 g/mol. The van der Waals surface area contributed by atoms with Gasteiger partial charge in [0.15, 0.2) is 6.29 Å². The van der Waals surface area contributed by atoms with Gasteiger partial charge in [-0.25, -0.2) is 0 Å². The Labute approximate surface area is 193 Å². The van der Waals surface area contributed by atoms with Gasteiger partial charge in [-0.1, -0.05) is 37.6 Å². The van der Waals surface area contributed by atoms with Crippen molar-refractivity contribution < 1.29 is 9.47 Å². The van der Waals surface area contributed by atoms with Gasteiger partial charge in [-0.3, -0.25) is 4.98 Å². The molecular weight excluding hydrogens is 394 g/mol. The lowest BCUT2D eigenvalue weighted by Crippen LogP contribution is -2.50. The predicted molar refractivity (Wildman–Crippen MR) is 128 cm³/mol. The quantitative estimate of drug-likeness (QED) is 0.483. The van der Waals surface area contributed by atoms with E-state index < -0.39 is 0 Å². The first kappa shape index (κ1) is 21.1. The van der Waals surface area contributed by atoms with E-state index in [4.69, 9.17) is 9.47 Å². The smallest absolute Gasteiger partial charge is 0.157 e. The minimum atomic E-state index is 0.0425. The van der Waals surface area contributed by atoms with Crippen LogP contribution in [0.25, 0.3) is 5.57 Å². The highest BCUT2D eigenvalue weighted by Crippen LogP contribution is 2.66. The van der Waals surface area contributed by atoms with Gasteiger partial charge in [0, 0.05) is 19.0 Å². The van der Waals surface area contributed by atoms with E-state index in [1.54, 1.807) is 11.1 Å². The Kier molecular flexibility index (Phi) is 5.34. The summed E-state index contributed by atoms with van der Waals surface area (Å²) in [5, 5.41) is 0. The van der Waals surface area contributed by atoms with Crippen molar-refractivity contribution in [2.75, 3.05) is 6.61 Å². The number of ether oxygens (including phenoxy) is 2. The van der Waals surface area contributed by atoms with Gasteiger partial charge in [-0.05, 0) is 110 Å². The third kappa shape index (κ3) is 3.34. The second-order valence-corrected chi connectivity index (χ2v) is 11.6. The Bertz CT molecular complexity index is 901. The van der Waals surface area contributed by atoms with Gasteiger partial charge in [0.2, 0.25) is 0 Å². The molecule has 3 heteroatoms. The number of nitrogens with zero attached hydrogens (tertiary/aromatic N) is 1. The highest BCUT2D eigenvalue weighted by molar-refractivity contribution is 5.72. The van der Waals surface area contributed by atoms with Crippen LogP contribution in [0, 0.1) is 28.6 Å². The average Bonchev–Trinajstić information content (AvgIpc) is 3.18. The maximum atomic E-state index is 6.43. The molecule has 1 aromatic rings. The molecule has 0 amide bonds. The fraction of sp³-hybridized carbons (Fsp3) is 0.690. The number of aromatic nitrogens is 1. The maximum Gasteiger partial charge on any atom is 0.157 e. The molecule has 32 heavy (non-hydrogen) atoms. The van der Waals surface area contributed by atoms with Crippen molar-refractivity contribution in [3.8, 4) is 0 Å². The van der Waals surface area contributed by atoms with Crippen LogP contribution in [0.15, 0.2) is 42.3 Å². The van der Waals surface area contributed by atoms with Crippen molar-refractivity contribution >= 4 is 5.57 Å². The Morgan fingerprint density at radius 3 is 2.72 bits per heavy atom. The number of pyridine rings is 1. The van der Waals surface area contributed by atoms with E-state index in [-0.39, 0.29) is 6.29 Å².